The van der Waals surface area contributed by atoms with Gasteiger partial charge in [0.25, 0.3) is 0 Å². The molecule has 3 aromatic rings. The quantitative estimate of drug-likeness (QED) is 0.461. The first-order valence-electron chi connectivity index (χ1n) is 10.7. The van der Waals surface area contributed by atoms with Crippen molar-refractivity contribution in [2.75, 3.05) is 5.32 Å². The van der Waals surface area contributed by atoms with Crippen molar-refractivity contribution in [3.05, 3.63) is 82.5 Å². The Kier molecular flexibility index (Phi) is 6.74. The molecular weight excluding hydrogens is 352 g/mol. The van der Waals surface area contributed by atoms with E-state index in [4.69, 9.17) is 4.98 Å². The van der Waals surface area contributed by atoms with Crippen molar-refractivity contribution in [1.82, 2.24) is 4.98 Å². The second-order valence-corrected chi connectivity index (χ2v) is 8.86. The summed E-state index contributed by atoms with van der Waals surface area (Å²) in [5.74, 6) is 1.17. The second kappa shape index (κ2) is 9.26. The smallest absolute Gasteiger partial charge is 0.0711 e. The molecule has 0 atom stereocenters. The van der Waals surface area contributed by atoms with Crippen molar-refractivity contribution in [1.29, 1.82) is 0 Å². The predicted molar refractivity (Wildman–Crippen MR) is 126 cm³/mol. The van der Waals surface area contributed by atoms with E-state index >= 15 is 0 Å². The van der Waals surface area contributed by atoms with Crippen LogP contribution < -0.4 is 5.32 Å². The number of aromatic nitrogens is 1. The van der Waals surface area contributed by atoms with Crippen molar-refractivity contribution in [2.45, 2.75) is 60.4 Å². The third-order valence-electron chi connectivity index (χ3n) is 5.30. The highest BCUT2D eigenvalue weighted by Crippen LogP contribution is 2.29. The number of hydrogen-bond acceptors (Lipinski definition) is 2. The molecule has 0 unspecified atom stereocenters. The van der Waals surface area contributed by atoms with Crippen molar-refractivity contribution in [3.8, 4) is 11.3 Å². The molecule has 0 radical (unpaired) electrons. The number of hydrogen-bond donors (Lipinski definition) is 1. The zero-order valence-electron chi connectivity index (χ0n) is 18.7. The van der Waals surface area contributed by atoms with Crippen LogP contribution in [0.3, 0.4) is 0 Å². The van der Waals surface area contributed by atoms with E-state index in [9.17, 15) is 0 Å². The molecule has 0 aliphatic carbocycles. The predicted octanol–water partition coefficient (Wildman–Crippen LogP) is 7.30. The average Bonchev–Trinajstić information content (AvgIpc) is 2.66. The van der Waals surface area contributed by atoms with Crippen LogP contribution in [0, 0.1) is 19.8 Å². The maximum atomic E-state index is 5.00. The van der Waals surface area contributed by atoms with Gasteiger partial charge in [-0.3, -0.25) is 4.98 Å². The fourth-order valence-electron chi connectivity index (χ4n) is 3.92. The SMILES string of the molecule is Cc1cc(C)c(-c2cccc(CNc3ccc(C(C)C)cc3)n2)c(CC(C)C)c1. The van der Waals surface area contributed by atoms with Gasteiger partial charge in [0.1, 0.15) is 0 Å². The van der Waals surface area contributed by atoms with Gasteiger partial charge in [0.15, 0.2) is 0 Å². The summed E-state index contributed by atoms with van der Waals surface area (Å²) in [4.78, 5) is 5.00. The zero-order valence-corrected chi connectivity index (χ0v) is 18.7. The molecule has 3 rings (SSSR count). The largest absolute Gasteiger partial charge is 0.379 e. The van der Waals surface area contributed by atoms with E-state index in [0.717, 1.165) is 30.0 Å². The highest BCUT2D eigenvalue weighted by atomic mass is 14.9. The Morgan fingerprint density at radius 3 is 2.28 bits per heavy atom. The third-order valence-corrected chi connectivity index (χ3v) is 5.30. The van der Waals surface area contributed by atoms with Gasteiger partial charge < -0.3 is 5.32 Å². The minimum absolute atomic E-state index is 0.556. The molecule has 2 heteroatoms. The Morgan fingerprint density at radius 2 is 1.62 bits per heavy atom. The third kappa shape index (κ3) is 5.47. The number of anilines is 1. The van der Waals surface area contributed by atoms with E-state index in [0.29, 0.717) is 11.8 Å². The van der Waals surface area contributed by atoms with Crippen LogP contribution in [0.15, 0.2) is 54.6 Å². The molecule has 1 N–H and O–H groups in total. The van der Waals surface area contributed by atoms with Crippen LogP contribution in [0.2, 0.25) is 0 Å². The molecule has 2 nitrogen and oxygen atoms in total. The molecule has 1 heterocycles. The summed E-state index contributed by atoms with van der Waals surface area (Å²) in [5.41, 5.74) is 9.97. The molecule has 29 heavy (non-hydrogen) atoms. The molecule has 152 valence electrons. The molecule has 1 aromatic heterocycles. The Bertz CT molecular complexity index is 953. The number of pyridine rings is 1. The molecule has 0 aliphatic heterocycles. The number of nitrogens with zero attached hydrogens (tertiary/aromatic N) is 1. The Morgan fingerprint density at radius 1 is 0.897 bits per heavy atom. The van der Waals surface area contributed by atoms with Crippen LogP contribution in [-0.2, 0) is 13.0 Å². The highest BCUT2D eigenvalue weighted by Gasteiger charge is 2.13. The summed E-state index contributed by atoms with van der Waals surface area (Å²) in [6, 6.07) is 19.7. The molecular formula is C27H34N2. The van der Waals surface area contributed by atoms with E-state index in [1.807, 2.05) is 0 Å². The van der Waals surface area contributed by atoms with Gasteiger partial charge in [0.2, 0.25) is 0 Å². The minimum atomic E-state index is 0.556. The standard InChI is InChI=1S/C27H34N2/c1-18(2)14-23-16-20(5)15-21(6)27(23)26-9-7-8-25(29-26)17-28-24-12-10-22(11-13-24)19(3)4/h7-13,15-16,18-19,28H,14,17H2,1-6H3. The summed E-state index contributed by atoms with van der Waals surface area (Å²) in [5, 5.41) is 3.51. The van der Waals surface area contributed by atoms with Crippen LogP contribution in [0.1, 0.15) is 61.6 Å². The summed E-state index contributed by atoms with van der Waals surface area (Å²) in [6.07, 6.45) is 1.07. The fourth-order valence-corrected chi connectivity index (χ4v) is 3.92. The van der Waals surface area contributed by atoms with Gasteiger partial charge >= 0.3 is 0 Å². The molecule has 2 aromatic carbocycles. The van der Waals surface area contributed by atoms with Crippen molar-refractivity contribution in [3.63, 3.8) is 0 Å². The normalized spacial score (nSPS) is 11.3. The van der Waals surface area contributed by atoms with E-state index in [2.05, 4.69) is 101 Å². The van der Waals surface area contributed by atoms with Crippen molar-refractivity contribution >= 4 is 5.69 Å². The van der Waals surface area contributed by atoms with E-state index in [1.165, 1.54) is 27.8 Å². The summed E-state index contributed by atoms with van der Waals surface area (Å²) in [6.45, 7) is 14.1. The second-order valence-electron chi connectivity index (χ2n) is 8.86. The first-order chi connectivity index (χ1) is 13.8. The molecule has 0 saturated heterocycles. The lowest BCUT2D eigenvalue weighted by atomic mass is 9.91. The molecule has 0 saturated carbocycles. The number of aryl methyl sites for hydroxylation is 2. The van der Waals surface area contributed by atoms with Crippen LogP contribution in [-0.4, -0.2) is 4.98 Å². The van der Waals surface area contributed by atoms with Gasteiger partial charge in [-0.25, -0.2) is 0 Å². The van der Waals surface area contributed by atoms with Gasteiger partial charge in [-0.1, -0.05) is 63.6 Å². The minimum Gasteiger partial charge on any atom is -0.379 e. The highest BCUT2D eigenvalue weighted by molar-refractivity contribution is 5.68. The van der Waals surface area contributed by atoms with Crippen molar-refractivity contribution in [2.24, 2.45) is 5.92 Å². The Balaban J connectivity index is 1.83. The van der Waals surface area contributed by atoms with Gasteiger partial charge in [0.05, 0.1) is 17.9 Å². The lowest BCUT2D eigenvalue weighted by molar-refractivity contribution is 0.647. The lowest BCUT2D eigenvalue weighted by Gasteiger charge is -2.16. The van der Waals surface area contributed by atoms with Crippen LogP contribution >= 0.6 is 0 Å². The maximum absolute atomic E-state index is 5.00. The Labute approximate surface area is 176 Å². The first-order valence-corrected chi connectivity index (χ1v) is 10.7. The molecule has 0 fully saturated rings. The summed E-state index contributed by atoms with van der Waals surface area (Å²) < 4.78 is 0. The lowest BCUT2D eigenvalue weighted by Crippen LogP contribution is -2.04. The van der Waals surface area contributed by atoms with E-state index < -0.39 is 0 Å². The number of benzene rings is 2. The van der Waals surface area contributed by atoms with E-state index in [-0.39, 0.29) is 0 Å². The monoisotopic (exact) mass is 386 g/mol. The number of rotatable bonds is 7. The fraction of sp³-hybridized carbons (Fsp3) is 0.370. The summed E-state index contributed by atoms with van der Waals surface area (Å²) >= 11 is 0. The maximum Gasteiger partial charge on any atom is 0.0711 e. The van der Waals surface area contributed by atoms with E-state index in [1.54, 1.807) is 0 Å². The topological polar surface area (TPSA) is 24.9 Å². The number of nitrogens with one attached hydrogen (secondary N) is 1. The zero-order chi connectivity index (χ0) is 21.0. The van der Waals surface area contributed by atoms with Crippen molar-refractivity contribution < 1.29 is 0 Å². The van der Waals surface area contributed by atoms with Crippen LogP contribution in [0.25, 0.3) is 11.3 Å². The molecule has 0 spiro atoms. The van der Waals surface area contributed by atoms with Gasteiger partial charge in [-0.2, -0.15) is 0 Å². The molecule has 0 aliphatic rings. The first kappa shape index (κ1) is 21.1. The summed E-state index contributed by atoms with van der Waals surface area (Å²) in [7, 11) is 0. The molecule has 0 amide bonds. The van der Waals surface area contributed by atoms with Gasteiger partial charge in [-0.05, 0) is 73.1 Å². The average molecular weight is 387 g/mol. The van der Waals surface area contributed by atoms with Gasteiger partial charge in [0, 0.05) is 11.3 Å². The Hall–Kier alpha value is -2.61. The molecule has 0 bridgehead atoms. The van der Waals surface area contributed by atoms with Crippen LogP contribution in [0.5, 0.6) is 0 Å². The van der Waals surface area contributed by atoms with Gasteiger partial charge in [-0.15, -0.1) is 0 Å². The van der Waals surface area contributed by atoms with Crippen LogP contribution in [0.4, 0.5) is 5.69 Å².